The largest absolute Gasteiger partial charge is 0.464 e. The first-order valence-corrected chi connectivity index (χ1v) is 5.95. The van der Waals surface area contributed by atoms with Crippen molar-refractivity contribution >= 4 is 5.97 Å². The van der Waals surface area contributed by atoms with E-state index in [1.807, 2.05) is 13.2 Å². The summed E-state index contributed by atoms with van der Waals surface area (Å²) < 4.78 is 6.45. The number of nitrogens with zero attached hydrogens (tertiary/aromatic N) is 2. The summed E-state index contributed by atoms with van der Waals surface area (Å²) in [5.74, 6) is -0.375. The van der Waals surface area contributed by atoms with Gasteiger partial charge in [0.2, 0.25) is 0 Å². The number of carbonyl (C=O) groups is 1. The van der Waals surface area contributed by atoms with Crippen LogP contribution in [0.15, 0.2) is 6.20 Å². The molecule has 0 atom stereocenters. The van der Waals surface area contributed by atoms with Gasteiger partial charge >= 0.3 is 5.97 Å². The molecule has 1 fully saturated rings. The second kappa shape index (κ2) is 4.49. The average Bonchev–Trinajstić information content (AvgIpc) is 2.95. The molecule has 94 valence electrons. The van der Waals surface area contributed by atoms with E-state index >= 15 is 0 Å². The number of hydrogen-bond donors (Lipinski definition) is 1. The van der Waals surface area contributed by atoms with Gasteiger partial charge in [0.05, 0.1) is 7.11 Å². The Balaban J connectivity index is 2.46. The fraction of sp³-hybridized carbons (Fsp3) is 0.667. The number of hydrogen-bond acceptors (Lipinski definition) is 4. The maximum Gasteiger partial charge on any atom is 0.358 e. The van der Waals surface area contributed by atoms with Crippen molar-refractivity contribution in [2.24, 2.45) is 12.8 Å². The van der Waals surface area contributed by atoms with Crippen LogP contribution in [0.4, 0.5) is 0 Å². The van der Waals surface area contributed by atoms with E-state index in [0.29, 0.717) is 12.2 Å². The normalized spacial score (nSPS) is 18.3. The number of methoxy groups -OCH3 is 1. The molecule has 2 rings (SSSR count). The Kier molecular flexibility index (Phi) is 3.19. The smallest absolute Gasteiger partial charge is 0.358 e. The number of nitrogens with two attached hydrogens (primary N) is 1. The molecule has 0 radical (unpaired) electrons. The third kappa shape index (κ3) is 1.95. The van der Waals surface area contributed by atoms with E-state index in [1.165, 1.54) is 7.11 Å². The second-order valence-corrected chi connectivity index (χ2v) is 4.75. The van der Waals surface area contributed by atoms with Gasteiger partial charge in [-0.05, 0) is 12.8 Å². The summed E-state index contributed by atoms with van der Waals surface area (Å²) in [5, 5.41) is 4.21. The van der Waals surface area contributed by atoms with Crippen LogP contribution in [0.2, 0.25) is 0 Å². The maximum atomic E-state index is 11.7. The lowest BCUT2D eigenvalue weighted by Crippen LogP contribution is -2.33. The first-order valence-electron chi connectivity index (χ1n) is 5.95. The molecule has 0 spiro atoms. The van der Waals surface area contributed by atoms with E-state index < -0.39 is 0 Å². The summed E-state index contributed by atoms with van der Waals surface area (Å²) in [6, 6.07) is 0. The fourth-order valence-electron chi connectivity index (χ4n) is 2.76. The van der Waals surface area contributed by atoms with Crippen LogP contribution < -0.4 is 5.73 Å². The van der Waals surface area contributed by atoms with Crippen LogP contribution in [-0.2, 0) is 17.2 Å². The van der Waals surface area contributed by atoms with E-state index in [1.54, 1.807) is 4.68 Å². The molecule has 5 heteroatoms. The highest BCUT2D eigenvalue weighted by Gasteiger charge is 2.39. The molecule has 1 saturated carbocycles. The Labute approximate surface area is 101 Å². The van der Waals surface area contributed by atoms with Crippen LogP contribution in [0.25, 0.3) is 0 Å². The lowest BCUT2D eigenvalue weighted by Gasteiger charge is -2.26. The van der Waals surface area contributed by atoms with Crippen molar-refractivity contribution in [3.8, 4) is 0 Å². The van der Waals surface area contributed by atoms with Gasteiger partial charge in [-0.2, -0.15) is 5.10 Å². The molecule has 1 aliphatic carbocycles. The van der Waals surface area contributed by atoms with Gasteiger partial charge in [-0.1, -0.05) is 12.8 Å². The number of aryl methyl sites for hydroxylation is 1. The minimum absolute atomic E-state index is 0.0855. The summed E-state index contributed by atoms with van der Waals surface area (Å²) in [7, 11) is 3.19. The molecule has 2 N–H and O–H groups in total. The molecular weight excluding hydrogens is 218 g/mol. The van der Waals surface area contributed by atoms with Crippen LogP contribution in [0.5, 0.6) is 0 Å². The summed E-state index contributed by atoms with van der Waals surface area (Å²) in [5.41, 5.74) is 7.22. The van der Waals surface area contributed by atoms with Gasteiger partial charge in [0, 0.05) is 30.8 Å². The average molecular weight is 237 g/mol. The summed E-state index contributed by atoms with van der Waals surface area (Å²) in [6.45, 7) is 0.558. The van der Waals surface area contributed by atoms with Gasteiger partial charge < -0.3 is 10.5 Å². The van der Waals surface area contributed by atoms with E-state index in [9.17, 15) is 4.79 Å². The minimum atomic E-state index is -0.375. The molecule has 1 aliphatic rings. The number of aromatic nitrogens is 2. The zero-order valence-corrected chi connectivity index (χ0v) is 10.4. The van der Waals surface area contributed by atoms with E-state index in [2.05, 4.69) is 5.10 Å². The molecule has 0 aliphatic heterocycles. The molecule has 1 aromatic rings. The van der Waals surface area contributed by atoms with Crippen LogP contribution in [-0.4, -0.2) is 29.4 Å². The molecule has 0 aromatic carbocycles. The van der Waals surface area contributed by atoms with E-state index in [0.717, 1.165) is 31.2 Å². The quantitative estimate of drug-likeness (QED) is 0.795. The van der Waals surface area contributed by atoms with Gasteiger partial charge in [-0.25, -0.2) is 4.79 Å². The Bertz CT molecular complexity index is 419. The van der Waals surface area contributed by atoms with Crippen LogP contribution >= 0.6 is 0 Å². The van der Waals surface area contributed by atoms with Crippen molar-refractivity contribution in [2.45, 2.75) is 31.1 Å². The standard InChI is InChI=1S/C12H19N3O2/c1-15-7-9(10(14-15)11(16)17-2)12(8-13)5-3-4-6-12/h7H,3-6,8,13H2,1-2H3. The first-order chi connectivity index (χ1) is 8.13. The highest BCUT2D eigenvalue weighted by molar-refractivity contribution is 5.89. The molecule has 1 heterocycles. The molecular formula is C12H19N3O2. The molecule has 0 bridgehead atoms. The third-order valence-corrected chi connectivity index (χ3v) is 3.73. The van der Waals surface area contributed by atoms with Gasteiger partial charge in [0.25, 0.3) is 0 Å². The lowest BCUT2D eigenvalue weighted by molar-refractivity contribution is 0.0590. The van der Waals surface area contributed by atoms with Gasteiger partial charge in [-0.3, -0.25) is 4.68 Å². The van der Waals surface area contributed by atoms with Crippen molar-refractivity contribution in [1.29, 1.82) is 0 Å². The number of rotatable bonds is 3. The minimum Gasteiger partial charge on any atom is -0.464 e. The van der Waals surface area contributed by atoms with Crippen LogP contribution in [0.3, 0.4) is 0 Å². The van der Waals surface area contributed by atoms with Crippen LogP contribution in [0.1, 0.15) is 41.7 Å². The Morgan fingerprint density at radius 1 is 1.59 bits per heavy atom. The molecule has 17 heavy (non-hydrogen) atoms. The fourth-order valence-corrected chi connectivity index (χ4v) is 2.76. The zero-order valence-electron chi connectivity index (χ0n) is 10.4. The van der Waals surface area contributed by atoms with Crippen molar-refractivity contribution in [2.75, 3.05) is 13.7 Å². The molecule has 0 unspecified atom stereocenters. The second-order valence-electron chi connectivity index (χ2n) is 4.75. The molecule has 1 aromatic heterocycles. The van der Waals surface area contributed by atoms with Crippen molar-refractivity contribution in [3.63, 3.8) is 0 Å². The SMILES string of the molecule is COC(=O)c1nn(C)cc1C1(CN)CCCC1. The predicted molar refractivity (Wildman–Crippen MR) is 63.7 cm³/mol. The van der Waals surface area contributed by atoms with Crippen molar-refractivity contribution in [3.05, 3.63) is 17.5 Å². The number of esters is 1. The first kappa shape index (κ1) is 12.1. The zero-order chi connectivity index (χ0) is 12.5. The van der Waals surface area contributed by atoms with Gasteiger partial charge in [0.1, 0.15) is 0 Å². The predicted octanol–water partition coefficient (Wildman–Crippen LogP) is 0.977. The molecule has 0 amide bonds. The van der Waals surface area contributed by atoms with Gasteiger partial charge in [0.15, 0.2) is 5.69 Å². The molecule has 5 nitrogen and oxygen atoms in total. The van der Waals surface area contributed by atoms with E-state index in [4.69, 9.17) is 10.5 Å². The Morgan fingerprint density at radius 3 is 2.76 bits per heavy atom. The highest BCUT2D eigenvalue weighted by atomic mass is 16.5. The monoisotopic (exact) mass is 237 g/mol. The number of carbonyl (C=O) groups excluding carboxylic acids is 1. The summed E-state index contributed by atoms with van der Waals surface area (Å²) in [4.78, 5) is 11.7. The third-order valence-electron chi connectivity index (χ3n) is 3.73. The summed E-state index contributed by atoms with van der Waals surface area (Å²) in [6.07, 6.45) is 6.28. The van der Waals surface area contributed by atoms with Crippen molar-refractivity contribution < 1.29 is 9.53 Å². The lowest BCUT2D eigenvalue weighted by atomic mass is 9.79. The van der Waals surface area contributed by atoms with Crippen LogP contribution in [0, 0.1) is 0 Å². The highest BCUT2D eigenvalue weighted by Crippen LogP contribution is 2.41. The maximum absolute atomic E-state index is 11.7. The number of ether oxygens (including phenoxy) is 1. The Hall–Kier alpha value is -1.36. The molecule has 0 saturated heterocycles. The van der Waals surface area contributed by atoms with E-state index in [-0.39, 0.29) is 11.4 Å². The van der Waals surface area contributed by atoms with Crippen molar-refractivity contribution in [1.82, 2.24) is 9.78 Å². The summed E-state index contributed by atoms with van der Waals surface area (Å²) >= 11 is 0. The Morgan fingerprint density at radius 2 is 2.24 bits per heavy atom. The van der Waals surface area contributed by atoms with Gasteiger partial charge in [-0.15, -0.1) is 0 Å². The topological polar surface area (TPSA) is 70.1 Å².